The predicted octanol–water partition coefficient (Wildman–Crippen LogP) is 1.19. The highest BCUT2D eigenvalue weighted by molar-refractivity contribution is 5.94. The van der Waals surface area contributed by atoms with Crippen molar-refractivity contribution in [1.29, 1.82) is 5.26 Å². The minimum absolute atomic E-state index is 0.103. The molecule has 1 saturated heterocycles. The van der Waals surface area contributed by atoms with Crippen molar-refractivity contribution in [3.8, 4) is 6.07 Å². The SMILES string of the molecule is Cn1c(=O)n(Cc2cc(C(=O)O)cc(C(=O)O)c2)c(=O)c2c1nc(N1CCC[C@@H](N)C1)n2Cc1ccccc1C#N. The van der Waals surface area contributed by atoms with Crippen molar-refractivity contribution in [3.63, 3.8) is 0 Å². The number of rotatable bonds is 7. The zero-order valence-corrected chi connectivity index (χ0v) is 22.1. The van der Waals surface area contributed by atoms with Gasteiger partial charge in [-0.1, -0.05) is 18.2 Å². The van der Waals surface area contributed by atoms with Crippen LogP contribution in [0, 0.1) is 11.3 Å². The van der Waals surface area contributed by atoms with Crippen molar-refractivity contribution in [2.45, 2.75) is 32.0 Å². The quantitative estimate of drug-likeness (QED) is 0.298. The molecule has 0 aliphatic carbocycles. The second-order valence-corrected chi connectivity index (χ2v) is 10.0. The number of hydrogen-bond acceptors (Lipinski definition) is 8. The van der Waals surface area contributed by atoms with E-state index < -0.39 is 23.2 Å². The molecule has 3 heterocycles. The van der Waals surface area contributed by atoms with Crippen molar-refractivity contribution in [3.05, 3.63) is 91.1 Å². The Balaban J connectivity index is 1.74. The number of carbonyl (C=O) groups is 2. The average Bonchev–Trinajstić information content (AvgIpc) is 3.33. The topological polar surface area (TPSA) is 189 Å². The molecule has 0 spiro atoms. The van der Waals surface area contributed by atoms with E-state index in [-0.39, 0.29) is 47.0 Å². The first kappa shape index (κ1) is 27.4. The first-order valence-corrected chi connectivity index (χ1v) is 12.9. The lowest BCUT2D eigenvalue weighted by Gasteiger charge is -2.32. The summed E-state index contributed by atoms with van der Waals surface area (Å²) in [5.41, 5.74) is 5.77. The molecular weight excluding hydrogens is 530 g/mol. The Morgan fingerprint density at radius 1 is 1.07 bits per heavy atom. The molecule has 2 aromatic carbocycles. The van der Waals surface area contributed by atoms with Crippen molar-refractivity contribution in [2.75, 3.05) is 18.0 Å². The van der Waals surface area contributed by atoms with Gasteiger partial charge in [-0.3, -0.25) is 18.5 Å². The fourth-order valence-corrected chi connectivity index (χ4v) is 5.23. The van der Waals surface area contributed by atoms with E-state index in [1.807, 2.05) is 4.90 Å². The van der Waals surface area contributed by atoms with Gasteiger partial charge in [0.1, 0.15) is 0 Å². The van der Waals surface area contributed by atoms with Gasteiger partial charge in [0.2, 0.25) is 5.95 Å². The lowest BCUT2D eigenvalue weighted by molar-refractivity contribution is 0.0696. The Morgan fingerprint density at radius 3 is 2.39 bits per heavy atom. The molecule has 1 aliphatic rings. The molecule has 13 nitrogen and oxygen atoms in total. The number of hydrogen-bond donors (Lipinski definition) is 3. The highest BCUT2D eigenvalue weighted by atomic mass is 16.4. The number of imidazole rings is 1. The monoisotopic (exact) mass is 557 g/mol. The molecule has 2 aromatic heterocycles. The predicted molar refractivity (Wildman–Crippen MR) is 148 cm³/mol. The maximum Gasteiger partial charge on any atom is 0.335 e. The zero-order valence-electron chi connectivity index (χ0n) is 22.1. The molecular formula is C28H27N7O6. The van der Waals surface area contributed by atoms with Gasteiger partial charge in [0.15, 0.2) is 11.2 Å². The van der Waals surface area contributed by atoms with Gasteiger partial charge in [0, 0.05) is 26.2 Å². The van der Waals surface area contributed by atoms with Gasteiger partial charge >= 0.3 is 17.6 Å². The summed E-state index contributed by atoms with van der Waals surface area (Å²) in [6, 6.07) is 12.5. The number of nitrogens with zero attached hydrogens (tertiary/aromatic N) is 6. The van der Waals surface area contributed by atoms with E-state index in [0.29, 0.717) is 30.2 Å². The maximum absolute atomic E-state index is 14.0. The van der Waals surface area contributed by atoms with Gasteiger partial charge in [-0.2, -0.15) is 10.2 Å². The highest BCUT2D eigenvalue weighted by Gasteiger charge is 2.27. The number of piperidine rings is 1. The van der Waals surface area contributed by atoms with Crippen LogP contribution in [0.15, 0.2) is 52.1 Å². The van der Waals surface area contributed by atoms with Crippen LogP contribution in [0.5, 0.6) is 0 Å². The molecule has 5 rings (SSSR count). The lowest BCUT2D eigenvalue weighted by Crippen LogP contribution is -2.44. The molecule has 0 amide bonds. The largest absolute Gasteiger partial charge is 0.478 e. The summed E-state index contributed by atoms with van der Waals surface area (Å²) in [6.45, 7) is 0.878. The van der Waals surface area contributed by atoms with E-state index in [0.717, 1.165) is 23.5 Å². The molecule has 0 bridgehead atoms. The number of aromatic carboxylic acids is 2. The Kier molecular flexibility index (Phi) is 7.17. The summed E-state index contributed by atoms with van der Waals surface area (Å²) in [5.74, 6) is -2.25. The lowest BCUT2D eigenvalue weighted by atomic mass is 10.1. The molecule has 0 radical (unpaired) electrons. The number of carboxylic acids is 2. The number of fused-ring (bicyclic) bond motifs is 1. The van der Waals surface area contributed by atoms with Crippen molar-refractivity contribution in [1.82, 2.24) is 18.7 Å². The number of benzene rings is 2. The maximum atomic E-state index is 14.0. The molecule has 13 heteroatoms. The van der Waals surface area contributed by atoms with Crippen LogP contribution >= 0.6 is 0 Å². The summed E-state index contributed by atoms with van der Waals surface area (Å²) >= 11 is 0. The van der Waals surface area contributed by atoms with Crippen LogP contribution < -0.4 is 21.9 Å². The Hall–Kier alpha value is -5.22. The number of nitriles is 1. The van der Waals surface area contributed by atoms with Crippen LogP contribution in [0.3, 0.4) is 0 Å². The number of aromatic nitrogens is 4. The van der Waals surface area contributed by atoms with E-state index in [4.69, 9.17) is 10.7 Å². The van der Waals surface area contributed by atoms with Crippen molar-refractivity contribution in [2.24, 2.45) is 12.8 Å². The van der Waals surface area contributed by atoms with Gasteiger partial charge in [-0.25, -0.2) is 14.4 Å². The van der Waals surface area contributed by atoms with Gasteiger partial charge in [-0.15, -0.1) is 0 Å². The van der Waals surface area contributed by atoms with E-state index in [2.05, 4.69) is 6.07 Å². The second-order valence-electron chi connectivity index (χ2n) is 10.0. The molecule has 1 fully saturated rings. The molecule has 41 heavy (non-hydrogen) atoms. The first-order chi connectivity index (χ1) is 19.6. The smallest absolute Gasteiger partial charge is 0.335 e. The molecule has 4 N–H and O–H groups in total. The molecule has 4 aromatic rings. The van der Waals surface area contributed by atoms with Crippen molar-refractivity contribution >= 4 is 29.1 Å². The van der Waals surface area contributed by atoms with E-state index in [1.54, 1.807) is 28.8 Å². The fraction of sp³-hybridized carbons (Fsp3) is 0.286. The van der Waals surface area contributed by atoms with Crippen molar-refractivity contribution < 1.29 is 19.8 Å². The van der Waals surface area contributed by atoms with Crippen LogP contribution in [0.2, 0.25) is 0 Å². The second kappa shape index (κ2) is 10.7. The van der Waals surface area contributed by atoms with E-state index in [9.17, 15) is 34.7 Å². The summed E-state index contributed by atoms with van der Waals surface area (Å²) in [5, 5.41) is 28.6. The zero-order chi connectivity index (χ0) is 29.4. The fourth-order valence-electron chi connectivity index (χ4n) is 5.23. The first-order valence-electron chi connectivity index (χ1n) is 12.9. The number of aryl methyl sites for hydroxylation is 1. The molecule has 210 valence electrons. The number of nitrogens with two attached hydrogens (primary N) is 1. The normalized spacial score (nSPS) is 15.1. The van der Waals surface area contributed by atoms with Gasteiger partial charge in [0.25, 0.3) is 5.56 Å². The minimum atomic E-state index is -1.34. The third-order valence-corrected chi connectivity index (χ3v) is 7.25. The third-order valence-electron chi connectivity index (χ3n) is 7.25. The van der Waals surface area contributed by atoms with Gasteiger partial charge in [0.05, 0.1) is 35.8 Å². The van der Waals surface area contributed by atoms with Gasteiger partial charge in [-0.05, 0) is 48.2 Å². The summed E-state index contributed by atoms with van der Waals surface area (Å²) < 4.78 is 3.84. The highest BCUT2D eigenvalue weighted by Crippen LogP contribution is 2.25. The summed E-state index contributed by atoms with van der Waals surface area (Å²) in [6.07, 6.45) is 1.65. The van der Waals surface area contributed by atoms with E-state index in [1.165, 1.54) is 23.7 Å². The molecule has 0 saturated carbocycles. The van der Waals surface area contributed by atoms with Crippen LogP contribution in [-0.2, 0) is 20.1 Å². The Morgan fingerprint density at radius 2 is 1.76 bits per heavy atom. The van der Waals surface area contributed by atoms with Crippen LogP contribution in [0.1, 0.15) is 50.2 Å². The molecule has 0 unspecified atom stereocenters. The molecule has 1 atom stereocenters. The summed E-state index contributed by atoms with van der Waals surface area (Å²) in [4.78, 5) is 57.3. The standard InChI is InChI=1S/C28H27N7O6/c1-32-23-22(24(36)35(28(32)41)13-16-9-19(25(37)38)11-20(10-16)26(39)40)34(14-18-6-3-2-5-17(18)12-29)27(31-23)33-8-4-7-21(30)15-33/h2-3,5-6,9-11,21H,4,7-8,13-15,30H2,1H3,(H,37,38)(H,39,40)/t21-/m1/s1. The van der Waals surface area contributed by atoms with E-state index >= 15 is 0 Å². The van der Waals surface area contributed by atoms with Crippen LogP contribution in [-0.4, -0.2) is 60.0 Å². The Bertz CT molecular complexity index is 1830. The van der Waals surface area contributed by atoms with Crippen LogP contribution in [0.25, 0.3) is 11.2 Å². The third kappa shape index (κ3) is 5.08. The molecule has 1 aliphatic heterocycles. The Labute approximate surface area is 232 Å². The van der Waals surface area contributed by atoms with Gasteiger partial charge < -0.3 is 20.8 Å². The number of carboxylic acid groups (broad SMARTS) is 2. The summed E-state index contributed by atoms with van der Waals surface area (Å²) in [7, 11) is 1.48. The average molecular weight is 558 g/mol. The number of anilines is 1. The minimum Gasteiger partial charge on any atom is -0.478 e. The van der Waals surface area contributed by atoms with Crippen LogP contribution in [0.4, 0.5) is 5.95 Å².